The lowest BCUT2D eigenvalue weighted by Crippen LogP contribution is -2.30. The molecule has 4 nitrogen and oxygen atoms in total. The summed E-state index contributed by atoms with van der Waals surface area (Å²) in [4.78, 5) is 24.4. The second-order valence-electron chi connectivity index (χ2n) is 4.54. The molecule has 5 heteroatoms. The molecule has 96 valence electrons. The molecule has 0 bridgehead atoms. The zero-order chi connectivity index (χ0) is 13.3. The van der Waals surface area contributed by atoms with Gasteiger partial charge >= 0.3 is 5.97 Å². The van der Waals surface area contributed by atoms with E-state index in [1.807, 2.05) is 0 Å². The van der Waals surface area contributed by atoms with Gasteiger partial charge in [-0.1, -0.05) is 0 Å². The maximum atomic E-state index is 13.1. The van der Waals surface area contributed by atoms with Gasteiger partial charge in [-0.25, -0.2) is 4.39 Å². The summed E-state index contributed by atoms with van der Waals surface area (Å²) in [5, 5.41) is 8.88. The van der Waals surface area contributed by atoms with Crippen molar-refractivity contribution in [3.63, 3.8) is 0 Å². The van der Waals surface area contributed by atoms with Gasteiger partial charge in [0.25, 0.3) is 5.91 Å². The topological polar surface area (TPSA) is 57.6 Å². The first-order valence-corrected chi connectivity index (χ1v) is 5.77. The Kier molecular flexibility index (Phi) is 3.32. The highest BCUT2D eigenvalue weighted by molar-refractivity contribution is 5.95. The van der Waals surface area contributed by atoms with Crippen molar-refractivity contribution in [2.75, 3.05) is 13.1 Å². The van der Waals surface area contributed by atoms with E-state index in [1.54, 1.807) is 6.92 Å². The number of aryl methyl sites for hydroxylation is 1. The van der Waals surface area contributed by atoms with Crippen LogP contribution in [0, 0.1) is 18.7 Å². The van der Waals surface area contributed by atoms with Crippen LogP contribution in [0.3, 0.4) is 0 Å². The van der Waals surface area contributed by atoms with Crippen molar-refractivity contribution in [1.82, 2.24) is 4.90 Å². The minimum atomic E-state index is -0.874. The average Bonchev–Trinajstić information content (AvgIpc) is 2.81. The van der Waals surface area contributed by atoms with Crippen molar-refractivity contribution in [2.24, 2.45) is 5.92 Å². The first kappa shape index (κ1) is 12.5. The Bertz CT molecular complexity index is 501. The molecule has 1 aromatic rings. The summed E-state index contributed by atoms with van der Waals surface area (Å²) in [6.07, 6.45) is 0.473. The Balaban J connectivity index is 2.12. The summed E-state index contributed by atoms with van der Waals surface area (Å²) in [5.74, 6) is -1.95. The summed E-state index contributed by atoms with van der Waals surface area (Å²) in [6.45, 7) is 2.26. The van der Waals surface area contributed by atoms with Gasteiger partial charge in [-0.15, -0.1) is 0 Å². The van der Waals surface area contributed by atoms with E-state index >= 15 is 0 Å². The zero-order valence-corrected chi connectivity index (χ0v) is 10.0. The lowest BCUT2D eigenvalue weighted by Gasteiger charge is -2.16. The van der Waals surface area contributed by atoms with Gasteiger partial charge in [0, 0.05) is 18.7 Å². The second-order valence-corrected chi connectivity index (χ2v) is 4.54. The minimum Gasteiger partial charge on any atom is -0.481 e. The molecule has 1 amide bonds. The van der Waals surface area contributed by atoms with Crippen molar-refractivity contribution in [3.8, 4) is 0 Å². The molecule has 1 saturated heterocycles. The van der Waals surface area contributed by atoms with E-state index in [2.05, 4.69) is 0 Å². The number of carboxylic acid groups (broad SMARTS) is 1. The Morgan fingerprint density at radius 1 is 1.44 bits per heavy atom. The van der Waals surface area contributed by atoms with E-state index in [4.69, 9.17) is 5.11 Å². The lowest BCUT2D eigenvalue weighted by atomic mass is 10.1. The van der Waals surface area contributed by atoms with E-state index in [0.29, 0.717) is 24.1 Å². The molecule has 1 N–H and O–H groups in total. The van der Waals surface area contributed by atoms with Gasteiger partial charge < -0.3 is 10.0 Å². The number of carbonyl (C=O) groups excluding carboxylic acids is 1. The van der Waals surface area contributed by atoms with Crippen LogP contribution in [0.15, 0.2) is 18.2 Å². The van der Waals surface area contributed by atoms with Crippen LogP contribution >= 0.6 is 0 Å². The summed E-state index contributed by atoms with van der Waals surface area (Å²) in [6, 6.07) is 4.18. The summed E-state index contributed by atoms with van der Waals surface area (Å²) in [5.41, 5.74) is 0.815. The van der Waals surface area contributed by atoms with Gasteiger partial charge in [-0.3, -0.25) is 9.59 Å². The molecule has 0 unspecified atom stereocenters. The van der Waals surface area contributed by atoms with Gasteiger partial charge in [-0.2, -0.15) is 0 Å². The predicted octanol–water partition coefficient (Wildman–Crippen LogP) is 1.68. The van der Waals surface area contributed by atoms with E-state index in [1.165, 1.54) is 23.1 Å². The van der Waals surface area contributed by atoms with Crippen LogP contribution in [-0.4, -0.2) is 35.0 Å². The van der Waals surface area contributed by atoms with Gasteiger partial charge in [0.1, 0.15) is 5.82 Å². The summed E-state index contributed by atoms with van der Waals surface area (Å²) >= 11 is 0. The summed E-state index contributed by atoms with van der Waals surface area (Å²) < 4.78 is 13.1. The number of carbonyl (C=O) groups is 2. The van der Waals surface area contributed by atoms with E-state index in [0.717, 1.165) is 0 Å². The fourth-order valence-electron chi connectivity index (χ4n) is 2.11. The molecule has 0 saturated carbocycles. The summed E-state index contributed by atoms with van der Waals surface area (Å²) in [7, 11) is 0. The van der Waals surface area contributed by atoms with Crippen LogP contribution < -0.4 is 0 Å². The molecule has 1 fully saturated rings. The standard InChI is InChI=1S/C13H14FNO3/c1-8-6-9(2-3-11(8)14)12(16)15-5-4-10(7-15)13(17)18/h2-3,6,10H,4-5,7H2,1H3,(H,17,18)/t10-/m1/s1. The first-order chi connectivity index (χ1) is 8.49. The third kappa shape index (κ3) is 2.34. The molecule has 0 radical (unpaired) electrons. The fourth-order valence-corrected chi connectivity index (χ4v) is 2.11. The zero-order valence-electron chi connectivity index (χ0n) is 10.0. The van der Waals surface area contributed by atoms with Gasteiger partial charge in [-0.05, 0) is 37.1 Å². The quantitative estimate of drug-likeness (QED) is 0.870. The molecule has 0 aromatic heterocycles. The number of aliphatic carboxylic acids is 1. The number of nitrogens with zero attached hydrogens (tertiary/aromatic N) is 1. The molecule has 1 atom stereocenters. The normalized spacial score (nSPS) is 19.0. The van der Waals surface area contributed by atoms with Gasteiger partial charge in [0.05, 0.1) is 5.92 Å². The number of carboxylic acids is 1. The molecule has 0 aliphatic carbocycles. The van der Waals surface area contributed by atoms with Gasteiger partial charge in [0.2, 0.25) is 0 Å². The monoisotopic (exact) mass is 251 g/mol. The van der Waals surface area contributed by atoms with Crippen LogP contribution in [0.2, 0.25) is 0 Å². The van der Waals surface area contributed by atoms with Crippen molar-refractivity contribution in [3.05, 3.63) is 35.1 Å². The van der Waals surface area contributed by atoms with Gasteiger partial charge in [0.15, 0.2) is 0 Å². The van der Waals surface area contributed by atoms with Crippen LogP contribution in [0.25, 0.3) is 0 Å². The maximum Gasteiger partial charge on any atom is 0.308 e. The van der Waals surface area contributed by atoms with E-state index in [9.17, 15) is 14.0 Å². The number of likely N-dealkylation sites (tertiary alicyclic amines) is 1. The minimum absolute atomic E-state index is 0.227. The number of benzene rings is 1. The van der Waals surface area contributed by atoms with Crippen LogP contribution in [-0.2, 0) is 4.79 Å². The number of amides is 1. The molecule has 1 aromatic carbocycles. The van der Waals surface area contributed by atoms with Crippen molar-refractivity contribution < 1.29 is 19.1 Å². The van der Waals surface area contributed by atoms with Crippen molar-refractivity contribution in [2.45, 2.75) is 13.3 Å². The molecule has 0 spiro atoms. The second kappa shape index (κ2) is 4.76. The van der Waals surface area contributed by atoms with E-state index in [-0.39, 0.29) is 18.3 Å². The number of rotatable bonds is 2. The third-order valence-corrected chi connectivity index (χ3v) is 3.23. The number of halogens is 1. The highest BCUT2D eigenvalue weighted by atomic mass is 19.1. The van der Waals surface area contributed by atoms with Crippen molar-refractivity contribution >= 4 is 11.9 Å². The third-order valence-electron chi connectivity index (χ3n) is 3.23. The maximum absolute atomic E-state index is 13.1. The largest absolute Gasteiger partial charge is 0.481 e. The van der Waals surface area contributed by atoms with Crippen molar-refractivity contribution in [1.29, 1.82) is 0 Å². The Labute approximate surface area is 104 Å². The molecular weight excluding hydrogens is 237 g/mol. The SMILES string of the molecule is Cc1cc(C(=O)N2CC[C@@H](C(=O)O)C2)ccc1F. The van der Waals surface area contributed by atoms with E-state index < -0.39 is 11.9 Å². The van der Waals surface area contributed by atoms with Crippen LogP contribution in [0.5, 0.6) is 0 Å². The average molecular weight is 251 g/mol. The Hall–Kier alpha value is -1.91. The smallest absolute Gasteiger partial charge is 0.308 e. The number of hydrogen-bond donors (Lipinski definition) is 1. The highest BCUT2D eigenvalue weighted by Crippen LogP contribution is 2.19. The molecule has 1 aliphatic heterocycles. The lowest BCUT2D eigenvalue weighted by molar-refractivity contribution is -0.141. The fraction of sp³-hybridized carbons (Fsp3) is 0.385. The molecule has 1 aliphatic rings. The van der Waals surface area contributed by atoms with Crippen LogP contribution in [0.4, 0.5) is 4.39 Å². The predicted molar refractivity (Wildman–Crippen MR) is 62.8 cm³/mol. The highest BCUT2D eigenvalue weighted by Gasteiger charge is 2.31. The number of hydrogen-bond acceptors (Lipinski definition) is 2. The Morgan fingerprint density at radius 3 is 2.72 bits per heavy atom. The Morgan fingerprint density at radius 2 is 2.17 bits per heavy atom. The molecule has 18 heavy (non-hydrogen) atoms. The van der Waals surface area contributed by atoms with Crippen LogP contribution in [0.1, 0.15) is 22.3 Å². The molecule has 2 rings (SSSR count). The molecule has 1 heterocycles. The molecular formula is C13H14FNO3. The first-order valence-electron chi connectivity index (χ1n) is 5.77.